The number of nitrogens with zero attached hydrogens (tertiary/aromatic N) is 3. The van der Waals surface area contributed by atoms with Crippen molar-refractivity contribution in [2.24, 2.45) is 0 Å². The van der Waals surface area contributed by atoms with Gasteiger partial charge in [-0.1, -0.05) is 48.6 Å². The lowest BCUT2D eigenvalue weighted by atomic mass is 10.1. The molecule has 0 unspecified atom stereocenters. The predicted octanol–water partition coefficient (Wildman–Crippen LogP) is 5.06. The lowest BCUT2D eigenvalue weighted by Crippen LogP contribution is -2.24. The Hall–Kier alpha value is -3.73. The number of carbonyl (C=O) groups is 1. The molecule has 0 bridgehead atoms. The van der Waals surface area contributed by atoms with Crippen LogP contribution in [-0.4, -0.2) is 32.5 Å². The number of aryl methyl sites for hydroxylation is 1. The van der Waals surface area contributed by atoms with E-state index in [0.717, 1.165) is 17.8 Å². The fraction of sp³-hybridized carbons (Fsp3) is 0.160. The Balaban J connectivity index is 1.95. The van der Waals surface area contributed by atoms with Crippen LogP contribution in [0.25, 0.3) is 11.4 Å². The van der Waals surface area contributed by atoms with Crippen LogP contribution in [0, 0.1) is 6.92 Å². The quantitative estimate of drug-likeness (QED) is 0.573. The standard InChI is InChI=1S/C25H25N3O2/c1-4-24(22-7-5-6-14-26-22)28(16-13-20-10-8-18(2)9-11-20)19(3)23-17-21(25(29)30)12-15-27-23/h4-12,14-15,17H,3,13,16H2,1-2H3,(H,29,30)/b24-4-. The van der Waals surface area contributed by atoms with Gasteiger partial charge in [-0.05, 0) is 50.1 Å². The Labute approximate surface area is 177 Å². The first kappa shape index (κ1) is 21.0. The molecular formula is C25H25N3O2. The van der Waals surface area contributed by atoms with E-state index < -0.39 is 5.97 Å². The van der Waals surface area contributed by atoms with E-state index in [-0.39, 0.29) is 5.56 Å². The van der Waals surface area contributed by atoms with Gasteiger partial charge in [0.05, 0.1) is 28.3 Å². The molecular weight excluding hydrogens is 374 g/mol. The molecule has 0 atom stereocenters. The summed E-state index contributed by atoms with van der Waals surface area (Å²) in [6, 6.07) is 17.2. The van der Waals surface area contributed by atoms with E-state index in [9.17, 15) is 9.90 Å². The molecule has 0 amide bonds. The van der Waals surface area contributed by atoms with Crippen LogP contribution in [0.5, 0.6) is 0 Å². The molecule has 0 saturated carbocycles. The highest BCUT2D eigenvalue weighted by atomic mass is 16.4. The average Bonchev–Trinajstić information content (AvgIpc) is 2.78. The van der Waals surface area contributed by atoms with E-state index in [0.29, 0.717) is 17.9 Å². The second kappa shape index (κ2) is 9.65. The fourth-order valence-electron chi connectivity index (χ4n) is 3.21. The molecule has 0 aliphatic heterocycles. The van der Waals surface area contributed by atoms with Crippen molar-refractivity contribution in [1.29, 1.82) is 0 Å². The Kier molecular flexibility index (Phi) is 6.75. The Morgan fingerprint density at radius 1 is 1.07 bits per heavy atom. The zero-order valence-electron chi connectivity index (χ0n) is 17.2. The number of benzene rings is 1. The molecule has 1 aromatic carbocycles. The minimum atomic E-state index is -0.992. The minimum absolute atomic E-state index is 0.180. The van der Waals surface area contributed by atoms with Crippen LogP contribution < -0.4 is 0 Å². The summed E-state index contributed by atoms with van der Waals surface area (Å²) in [5.74, 6) is -0.992. The SMILES string of the molecule is C=C(c1cc(C(=O)O)ccn1)N(CCc1ccc(C)cc1)/C(=C\C)c1ccccn1. The predicted molar refractivity (Wildman–Crippen MR) is 120 cm³/mol. The largest absolute Gasteiger partial charge is 0.478 e. The Bertz CT molecular complexity index is 1060. The maximum Gasteiger partial charge on any atom is 0.335 e. The maximum atomic E-state index is 11.4. The number of carboxylic acid groups (broad SMARTS) is 1. The van der Waals surface area contributed by atoms with E-state index >= 15 is 0 Å². The molecule has 3 aromatic rings. The van der Waals surface area contributed by atoms with Gasteiger partial charge < -0.3 is 10.0 Å². The van der Waals surface area contributed by atoms with Crippen LogP contribution in [-0.2, 0) is 6.42 Å². The van der Waals surface area contributed by atoms with Gasteiger partial charge in [-0.15, -0.1) is 0 Å². The van der Waals surface area contributed by atoms with Crippen molar-refractivity contribution >= 4 is 17.4 Å². The van der Waals surface area contributed by atoms with Gasteiger partial charge in [-0.3, -0.25) is 9.97 Å². The van der Waals surface area contributed by atoms with Gasteiger partial charge in [0.15, 0.2) is 0 Å². The third-order valence-electron chi connectivity index (χ3n) is 4.86. The Morgan fingerprint density at radius 2 is 1.80 bits per heavy atom. The maximum absolute atomic E-state index is 11.4. The number of aromatic carboxylic acids is 1. The van der Waals surface area contributed by atoms with Crippen LogP contribution in [0.2, 0.25) is 0 Å². The summed E-state index contributed by atoms with van der Waals surface area (Å²) < 4.78 is 0. The van der Waals surface area contributed by atoms with Crippen molar-refractivity contribution in [3.63, 3.8) is 0 Å². The first-order chi connectivity index (χ1) is 14.5. The molecule has 30 heavy (non-hydrogen) atoms. The van der Waals surface area contributed by atoms with Gasteiger partial charge in [-0.25, -0.2) is 4.79 Å². The zero-order chi connectivity index (χ0) is 21.5. The summed E-state index contributed by atoms with van der Waals surface area (Å²) in [6.45, 7) is 8.92. The van der Waals surface area contributed by atoms with Gasteiger partial charge in [0.1, 0.15) is 0 Å². The number of rotatable bonds is 8. The van der Waals surface area contributed by atoms with E-state index in [1.807, 2.05) is 31.2 Å². The van der Waals surface area contributed by atoms with Crippen molar-refractivity contribution in [1.82, 2.24) is 14.9 Å². The highest BCUT2D eigenvalue weighted by molar-refractivity contribution is 5.88. The number of pyridine rings is 2. The van der Waals surface area contributed by atoms with Crippen molar-refractivity contribution in [2.45, 2.75) is 20.3 Å². The van der Waals surface area contributed by atoms with Gasteiger partial charge >= 0.3 is 5.97 Å². The molecule has 0 aliphatic rings. The average molecular weight is 399 g/mol. The van der Waals surface area contributed by atoms with E-state index in [4.69, 9.17) is 0 Å². The summed E-state index contributed by atoms with van der Waals surface area (Å²) in [5, 5.41) is 9.35. The van der Waals surface area contributed by atoms with E-state index in [1.54, 1.807) is 12.3 Å². The number of aromatic nitrogens is 2. The summed E-state index contributed by atoms with van der Waals surface area (Å²) >= 11 is 0. The van der Waals surface area contributed by atoms with Crippen LogP contribution in [0.1, 0.15) is 39.8 Å². The smallest absolute Gasteiger partial charge is 0.335 e. The summed E-state index contributed by atoms with van der Waals surface area (Å²) in [7, 11) is 0. The lowest BCUT2D eigenvalue weighted by Gasteiger charge is -2.29. The molecule has 0 radical (unpaired) electrons. The molecule has 2 aromatic heterocycles. The van der Waals surface area contributed by atoms with Crippen molar-refractivity contribution in [2.75, 3.05) is 6.54 Å². The first-order valence-corrected chi connectivity index (χ1v) is 9.79. The third-order valence-corrected chi connectivity index (χ3v) is 4.86. The molecule has 1 N–H and O–H groups in total. The van der Waals surface area contributed by atoms with Crippen molar-refractivity contribution < 1.29 is 9.90 Å². The number of allylic oxidation sites excluding steroid dienone is 1. The van der Waals surface area contributed by atoms with E-state index in [2.05, 4.69) is 52.6 Å². The summed E-state index contributed by atoms with van der Waals surface area (Å²) in [6.07, 6.45) is 6.03. The minimum Gasteiger partial charge on any atom is -0.478 e. The number of carboxylic acids is 1. The molecule has 0 spiro atoms. The van der Waals surface area contributed by atoms with Crippen LogP contribution in [0.15, 0.2) is 79.6 Å². The van der Waals surface area contributed by atoms with Crippen LogP contribution >= 0.6 is 0 Å². The van der Waals surface area contributed by atoms with Crippen molar-refractivity contribution in [3.05, 3.63) is 108 Å². The fourth-order valence-corrected chi connectivity index (χ4v) is 3.21. The first-order valence-electron chi connectivity index (χ1n) is 9.79. The monoisotopic (exact) mass is 399 g/mol. The van der Waals surface area contributed by atoms with Gasteiger partial charge in [0.2, 0.25) is 0 Å². The van der Waals surface area contributed by atoms with Crippen molar-refractivity contribution in [3.8, 4) is 0 Å². The van der Waals surface area contributed by atoms with E-state index in [1.165, 1.54) is 23.4 Å². The molecule has 2 heterocycles. The topological polar surface area (TPSA) is 66.3 Å². The van der Waals surface area contributed by atoms with Crippen LogP contribution in [0.4, 0.5) is 0 Å². The molecule has 0 fully saturated rings. The normalized spacial score (nSPS) is 11.2. The third kappa shape index (κ3) is 5.00. The van der Waals surface area contributed by atoms with Gasteiger partial charge in [-0.2, -0.15) is 0 Å². The zero-order valence-corrected chi connectivity index (χ0v) is 17.2. The highest BCUT2D eigenvalue weighted by Gasteiger charge is 2.18. The number of hydrogen-bond acceptors (Lipinski definition) is 4. The molecule has 0 aliphatic carbocycles. The van der Waals surface area contributed by atoms with Crippen LogP contribution in [0.3, 0.4) is 0 Å². The molecule has 0 saturated heterocycles. The molecule has 5 nitrogen and oxygen atoms in total. The summed E-state index contributed by atoms with van der Waals surface area (Å²) in [4.78, 5) is 22.3. The molecule has 152 valence electrons. The summed E-state index contributed by atoms with van der Waals surface area (Å²) in [5.41, 5.74) is 5.48. The Morgan fingerprint density at radius 3 is 2.43 bits per heavy atom. The second-order valence-corrected chi connectivity index (χ2v) is 6.96. The molecule has 3 rings (SSSR count). The van der Waals surface area contributed by atoms with Gasteiger partial charge in [0, 0.05) is 18.9 Å². The molecule has 5 heteroatoms. The van der Waals surface area contributed by atoms with Gasteiger partial charge in [0.25, 0.3) is 0 Å². The highest BCUT2D eigenvalue weighted by Crippen LogP contribution is 2.27. The second-order valence-electron chi connectivity index (χ2n) is 6.96. The lowest BCUT2D eigenvalue weighted by molar-refractivity contribution is 0.0696. The number of hydrogen-bond donors (Lipinski definition) is 1.